The summed E-state index contributed by atoms with van der Waals surface area (Å²) in [6.07, 6.45) is 9.13. The van der Waals surface area contributed by atoms with Crippen molar-refractivity contribution in [3.8, 4) is 0 Å². The molecule has 0 aromatic rings. The monoisotopic (exact) mass is 270 g/mol. The molecule has 1 aliphatic carbocycles. The predicted octanol–water partition coefficient (Wildman–Crippen LogP) is 3.68. The van der Waals surface area contributed by atoms with Crippen molar-refractivity contribution in [1.82, 2.24) is 0 Å². The number of quaternary nitrogens is 1. The number of likely N-dealkylation sites (N-methyl/N-ethyl adjacent to an activating group) is 1. The summed E-state index contributed by atoms with van der Waals surface area (Å²) in [6, 6.07) is 0. The molecule has 1 atom stereocenters. The second-order valence-corrected chi connectivity index (χ2v) is 7.33. The number of carboxylic acids is 1. The minimum Gasteiger partial charge on any atom is -0.477 e. The van der Waals surface area contributed by atoms with E-state index in [0.717, 1.165) is 32.1 Å². The van der Waals surface area contributed by atoms with Gasteiger partial charge in [-0.2, -0.15) is 0 Å². The van der Waals surface area contributed by atoms with E-state index in [4.69, 9.17) is 0 Å². The van der Waals surface area contributed by atoms with Crippen LogP contribution >= 0.6 is 0 Å². The molecule has 1 aliphatic rings. The van der Waals surface area contributed by atoms with E-state index in [0.29, 0.717) is 4.48 Å². The van der Waals surface area contributed by atoms with Gasteiger partial charge in [-0.1, -0.05) is 39.0 Å². The van der Waals surface area contributed by atoms with E-state index in [1.807, 2.05) is 28.1 Å². The zero-order chi connectivity index (χ0) is 14.7. The Balaban J connectivity index is 3.22. The number of aliphatic carboxylic acids is 1. The average Bonchev–Trinajstić information content (AvgIpc) is 2.34. The van der Waals surface area contributed by atoms with Crippen molar-refractivity contribution >= 4 is 5.97 Å². The quantitative estimate of drug-likeness (QED) is 0.748. The van der Waals surface area contributed by atoms with Crippen molar-refractivity contribution in [3.05, 3.63) is 0 Å². The molecule has 112 valence electrons. The van der Waals surface area contributed by atoms with Gasteiger partial charge in [-0.15, -0.1) is 0 Å². The Morgan fingerprint density at radius 3 is 2.11 bits per heavy atom. The van der Waals surface area contributed by atoms with Crippen LogP contribution in [0.15, 0.2) is 0 Å². The van der Waals surface area contributed by atoms with Crippen molar-refractivity contribution in [2.24, 2.45) is 5.41 Å². The van der Waals surface area contributed by atoms with Crippen LogP contribution in [0.4, 0.5) is 0 Å². The van der Waals surface area contributed by atoms with Gasteiger partial charge in [0.25, 0.3) is 0 Å². The minimum absolute atomic E-state index is 0.0364. The summed E-state index contributed by atoms with van der Waals surface area (Å²) in [5.41, 5.74) is -0.728. The second-order valence-electron chi connectivity index (χ2n) is 7.33. The molecule has 0 aromatic heterocycles. The van der Waals surface area contributed by atoms with E-state index < -0.39 is 11.5 Å². The van der Waals surface area contributed by atoms with E-state index in [2.05, 4.69) is 6.92 Å². The molecule has 1 N–H and O–H groups in total. The highest BCUT2D eigenvalue weighted by molar-refractivity contribution is 5.78. The maximum atomic E-state index is 12.1. The van der Waals surface area contributed by atoms with Crippen LogP contribution in [0.1, 0.15) is 65.2 Å². The van der Waals surface area contributed by atoms with E-state index in [-0.39, 0.29) is 5.41 Å². The maximum absolute atomic E-state index is 12.1. The molecule has 0 amide bonds. The third-order valence-corrected chi connectivity index (χ3v) is 5.61. The van der Waals surface area contributed by atoms with Crippen molar-refractivity contribution in [2.75, 3.05) is 21.1 Å². The van der Waals surface area contributed by atoms with Crippen molar-refractivity contribution in [3.63, 3.8) is 0 Å². The second kappa shape index (κ2) is 5.82. The molecule has 3 heteroatoms. The smallest absolute Gasteiger partial charge is 0.366 e. The summed E-state index contributed by atoms with van der Waals surface area (Å²) in [5, 5.41) is 9.97. The van der Waals surface area contributed by atoms with Crippen LogP contribution in [-0.2, 0) is 4.79 Å². The Bertz CT molecular complexity index is 313. The van der Waals surface area contributed by atoms with E-state index in [9.17, 15) is 9.90 Å². The van der Waals surface area contributed by atoms with Crippen LogP contribution in [0.5, 0.6) is 0 Å². The largest absolute Gasteiger partial charge is 0.477 e. The van der Waals surface area contributed by atoms with Crippen LogP contribution < -0.4 is 0 Å². The predicted molar refractivity (Wildman–Crippen MR) is 79.1 cm³/mol. The number of hydrogen-bond donors (Lipinski definition) is 1. The first-order valence-electron chi connectivity index (χ1n) is 7.76. The maximum Gasteiger partial charge on any atom is 0.366 e. The lowest BCUT2D eigenvalue weighted by Crippen LogP contribution is -2.69. The Kier molecular flexibility index (Phi) is 5.05. The van der Waals surface area contributed by atoms with Gasteiger partial charge in [-0.3, -0.25) is 0 Å². The standard InChI is InChI=1S/C16H31NO2/c1-6-7-11-16(12-9-8-10-13-16)15(2,14(18)19)17(3,4)5/h6-13H2,1-5H3/p+1. The van der Waals surface area contributed by atoms with Crippen LogP contribution in [0.3, 0.4) is 0 Å². The summed E-state index contributed by atoms with van der Waals surface area (Å²) >= 11 is 0. The molecular weight excluding hydrogens is 238 g/mol. The molecule has 0 heterocycles. The lowest BCUT2D eigenvalue weighted by atomic mass is 9.58. The number of rotatable bonds is 6. The van der Waals surface area contributed by atoms with Crippen LogP contribution in [0.25, 0.3) is 0 Å². The van der Waals surface area contributed by atoms with Gasteiger partial charge in [0.05, 0.1) is 21.1 Å². The number of nitrogens with zero attached hydrogens (tertiary/aromatic N) is 1. The van der Waals surface area contributed by atoms with Crippen LogP contribution in [0.2, 0.25) is 0 Å². The van der Waals surface area contributed by atoms with Gasteiger partial charge in [0.1, 0.15) is 0 Å². The molecule has 0 bridgehead atoms. The Morgan fingerprint density at radius 2 is 1.74 bits per heavy atom. The first-order chi connectivity index (χ1) is 8.71. The molecule has 1 fully saturated rings. The summed E-state index contributed by atoms with van der Waals surface area (Å²) in [5.74, 6) is -0.627. The number of carboxylic acid groups (broad SMARTS) is 1. The Labute approximate surface area is 118 Å². The van der Waals surface area contributed by atoms with Crippen LogP contribution in [-0.4, -0.2) is 42.2 Å². The number of carbonyl (C=O) groups is 1. The molecule has 1 saturated carbocycles. The summed E-state index contributed by atoms with van der Waals surface area (Å²) in [7, 11) is 6.11. The molecule has 0 spiro atoms. The van der Waals surface area contributed by atoms with Crippen molar-refractivity contribution < 1.29 is 14.4 Å². The third kappa shape index (κ3) is 2.81. The lowest BCUT2D eigenvalue weighted by molar-refractivity contribution is -0.921. The molecule has 0 aromatic carbocycles. The van der Waals surface area contributed by atoms with Gasteiger partial charge in [-0.05, 0) is 19.3 Å². The van der Waals surface area contributed by atoms with Crippen LogP contribution in [0, 0.1) is 5.41 Å². The van der Waals surface area contributed by atoms with Gasteiger partial charge in [-0.25, -0.2) is 4.79 Å². The Morgan fingerprint density at radius 1 is 1.21 bits per heavy atom. The zero-order valence-corrected chi connectivity index (χ0v) is 13.5. The lowest BCUT2D eigenvalue weighted by Gasteiger charge is -2.54. The highest BCUT2D eigenvalue weighted by Gasteiger charge is 2.61. The van der Waals surface area contributed by atoms with Crippen molar-refractivity contribution in [1.29, 1.82) is 0 Å². The summed E-state index contributed by atoms with van der Waals surface area (Å²) < 4.78 is 0.506. The highest BCUT2D eigenvalue weighted by atomic mass is 16.4. The summed E-state index contributed by atoms with van der Waals surface area (Å²) in [4.78, 5) is 12.1. The number of unbranched alkanes of at least 4 members (excludes halogenated alkanes) is 1. The Hall–Kier alpha value is -0.570. The molecule has 1 rings (SSSR count). The molecule has 3 nitrogen and oxygen atoms in total. The molecular formula is C16H32NO2+. The van der Waals surface area contributed by atoms with Gasteiger partial charge in [0, 0.05) is 12.3 Å². The molecule has 0 aliphatic heterocycles. The SMILES string of the molecule is CCCCC1(C(C)(C(=O)O)[N+](C)(C)C)CCCCC1. The fourth-order valence-corrected chi connectivity index (χ4v) is 3.95. The fraction of sp³-hybridized carbons (Fsp3) is 0.938. The van der Waals surface area contributed by atoms with E-state index in [1.54, 1.807) is 0 Å². The van der Waals surface area contributed by atoms with E-state index in [1.165, 1.54) is 19.3 Å². The number of hydrogen-bond acceptors (Lipinski definition) is 1. The van der Waals surface area contributed by atoms with Gasteiger partial charge in [0.2, 0.25) is 0 Å². The molecule has 19 heavy (non-hydrogen) atoms. The topological polar surface area (TPSA) is 37.3 Å². The van der Waals surface area contributed by atoms with Gasteiger partial charge in [0.15, 0.2) is 5.54 Å². The summed E-state index contributed by atoms with van der Waals surface area (Å²) in [6.45, 7) is 4.18. The highest BCUT2D eigenvalue weighted by Crippen LogP contribution is 2.52. The molecule has 1 unspecified atom stereocenters. The van der Waals surface area contributed by atoms with Gasteiger partial charge >= 0.3 is 5.97 Å². The molecule has 0 saturated heterocycles. The first kappa shape index (κ1) is 16.5. The molecule has 0 radical (unpaired) electrons. The minimum atomic E-state index is -0.692. The third-order valence-electron chi connectivity index (χ3n) is 5.61. The van der Waals surface area contributed by atoms with Gasteiger partial charge < -0.3 is 9.59 Å². The average molecular weight is 270 g/mol. The van der Waals surface area contributed by atoms with E-state index >= 15 is 0 Å². The van der Waals surface area contributed by atoms with Crippen molar-refractivity contribution in [2.45, 2.75) is 70.8 Å². The normalized spacial score (nSPS) is 22.8. The zero-order valence-electron chi connectivity index (χ0n) is 13.5. The fourth-order valence-electron chi connectivity index (χ4n) is 3.95. The first-order valence-corrected chi connectivity index (χ1v) is 7.76.